The monoisotopic (exact) mass is 257 g/mol. The maximum atomic E-state index is 12.2. The minimum atomic E-state index is -4.87. The lowest BCUT2D eigenvalue weighted by Crippen LogP contribution is -2.44. The third kappa shape index (κ3) is 3.10. The fourth-order valence-corrected chi connectivity index (χ4v) is 1.90. The molecule has 1 aliphatic heterocycles. The normalized spacial score (nSPS) is 21.2. The number of amides is 1. The molecule has 7 heteroatoms. The predicted octanol–water partition coefficient (Wildman–Crippen LogP) is 1.74. The van der Waals surface area contributed by atoms with Crippen LogP contribution in [-0.4, -0.2) is 41.2 Å². The van der Waals surface area contributed by atoms with Crippen LogP contribution in [0.25, 0.3) is 0 Å². The van der Waals surface area contributed by atoms with Gasteiger partial charge in [-0.3, -0.25) is 9.59 Å². The van der Waals surface area contributed by atoms with Gasteiger partial charge in [-0.15, -0.1) is 11.6 Å². The van der Waals surface area contributed by atoms with E-state index in [-0.39, 0.29) is 24.6 Å². The molecule has 0 spiro atoms. The molecule has 0 aromatic carbocycles. The Morgan fingerprint density at radius 1 is 1.38 bits per heavy atom. The van der Waals surface area contributed by atoms with Crippen LogP contribution in [0.2, 0.25) is 0 Å². The second kappa shape index (κ2) is 5.03. The van der Waals surface area contributed by atoms with E-state index in [4.69, 9.17) is 11.6 Å². The van der Waals surface area contributed by atoms with Crippen molar-refractivity contribution in [2.24, 2.45) is 0 Å². The van der Waals surface area contributed by atoms with E-state index >= 15 is 0 Å². The lowest BCUT2D eigenvalue weighted by atomic mass is 10.1. The topological polar surface area (TPSA) is 37.4 Å². The summed E-state index contributed by atoms with van der Waals surface area (Å²) in [5.41, 5.74) is 0. The van der Waals surface area contributed by atoms with Crippen LogP contribution in [0.1, 0.15) is 19.3 Å². The third-order valence-electron chi connectivity index (χ3n) is 2.49. The van der Waals surface area contributed by atoms with E-state index < -0.39 is 18.1 Å². The Labute approximate surface area is 95.5 Å². The van der Waals surface area contributed by atoms with Gasteiger partial charge in [-0.2, -0.15) is 13.2 Å². The molecular formula is C9H11ClF3NO2. The van der Waals surface area contributed by atoms with E-state index in [1.807, 2.05) is 0 Å². The number of alkyl halides is 4. The Hall–Kier alpha value is -0.780. The van der Waals surface area contributed by atoms with E-state index in [0.29, 0.717) is 12.8 Å². The van der Waals surface area contributed by atoms with Gasteiger partial charge >= 0.3 is 12.1 Å². The highest BCUT2D eigenvalue weighted by atomic mass is 35.5. The van der Waals surface area contributed by atoms with E-state index in [1.54, 1.807) is 0 Å². The summed E-state index contributed by atoms with van der Waals surface area (Å²) < 4.78 is 36.6. The van der Waals surface area contributed by atoms with Gasteiger partial charge in [-0.25, -0.2) is 0 Å². The minimum Gasteiger partial charge on any atom is -0.331 e. The zero-order valence-electron chi connectivity index (χ0n) is 8.39. The van der Waals surface area contributed by atoms with Gasteiger partial charge in [0.25, 0.3) is 0 Å². The number of Topliss-reactive ketones (excluding diaryl/α,β-unsaturated/α-hetero) is 1. The predicted molar refractivity (Wildman–Crippen MR) is 51.1 cm³/mol. The minimum absolute atomic E-state index is 0.0541. The number of carbonyl (C=O) groups is 2. The molecule has 1 rings (SSSR count). The largest absolute Gasteiger partial charge is 0.471 e. The van der Waals surface area contributed by atoms with Crippen molar-refractivity contribution in [2.45, 2.75) is 31.5 Å². The fraction of sp³-hybridized carbons (Fsp3) is 0.778. The summed E-state index contributed by atoms with van der Waals surface area (Å²) in [6, 6.07) is -0.652. The summed E-state index contributed by atoms with van der Waals surface area (Å²) >= 11 is 5.27. The van der Waals surface area contributed by atoms with Crippen molar-refractivity contribution in [3.05, 3.63) is 0 Å². The van der Waals surface area contributed by atoms with Gasteiger partial charge in [0.2, 0.25) is 0 Å². The van der Waals surface area contributed by atoms with Gasteiger partial charge in [-0.1, -0.05) is 0 Å². The molecule has 0 aromatic rings. The lowest BCUT2D eigenvalue weighted by molar-refractivity contribution is -0.186. The first-order chi connectivity index (χ1) is 7.36. The summed E-state index contributed by atoms with van der Waals surface area (Å²) in [4.78, 5) is 22.8. The smallest absolute Gasteiger partial charge is 0.331 e. The van der Waals surface area contributed by atoms with Crippen molar-refractivity contribution in [3.63, 3.8) is 0 Å². The maximum absolute atomic E-state index is 12.2. The molecule has 1 aliphatic rings. The zero-order chi connectivity index (χ0) is 12.3. The molecule has 1 unspecified atom stereocenters. The van der Waals surface area contributed by atoms with Crippen molar-refractivity contribution >= 4 is 23.3 Å². The van der Waals surface area contributed by atoms with Crippen LogP contribution >= 0.6 is 11.6 Å². The summed E-state index contributed by atoms with van der Waals surface area (Å²) in [5, 5.41) is 0. The second-order valence-electron chi connectivity index (χ2n) is 3.67. The molecule has 1 fully saturated rings. The molecule has 3 nitrogen and oxygen atoms in total. The average molecular weight is 258 g/mol. The molecule has 0 N–H and O–H groups in total. The van der Waals surface area contributed by atoms with Gasteiger partial charge < -0.3 is 4.90 Å². The Morgan fingerprint density at radius 3 is 2.50 bits per heavy atom. The first-order valence-corrected chi connectivity index (χ1v) is 5.35. The highest BCUT2D eigenvalue weighted by Crippen LogP contribution is 2.27. The number of hydrogen-bond donors (Lipinski definition) is 0. The molecule has 0 aliphatic carbocycles. The van der Waals surface area contributed by atoms with E-state index in [1.165, 1.54) is 0 Å². The molecule has 0 bridgehead atoms. The van der Waals surface area contributed by atoms with Crippen molar-refractivity contribution in [1.29, 1.82) is 0 Å². The van der Waals surface area contributed by atoms with E-state index in [9.17, 15) is 22.8 Å². The van der Waals surface area contributed by atoms with E-state index in [2.05, 4.69) is 0 Å². The molecule has 1 saturated heterocycles. The van der Waals surface area contributed by atoms with Crippen LogP contribution in [-0.2, 0) is 9.59 Å². The Balaban J connectivity index is 2.66. The standard InChI is InChI=1S/C9H11ClF3NO2/c10-5-7(15)4-6-2-1-3-14(6)8(16)9(11,12)13/h6H,1-5H2. The fourth-order valence-electron chi connectivity index (χ4n) is 1.80. The SMILES string of the molecule is O=C(CCl)CC1CCCN1C(=O)C(F)(F)F. The van der Waals surface area contributed by atoms with Gasteiger partial charge in [0.15, 0.2) is 0 Å². The molecule has 1 atom stereocenters. The van der Waals surface area contributed by atoms with Crippen molar-refractivity contribution in [3.8, 4) is 0 Å². The lowest BCUT2D eigenvalue weighted by Gasteiger charge is -2.24. The number of likely N-dealkylation sites (tertiary alicyclic amines) is 1. The van der Waals surface area contributed by atoms with Gasteiger partial charge in [0.05, 0.1) is 5.88 Å². The Morgan fingerprint density at radius 2 is 2.00 bits per heavy atom. The highest BCUT2D eigenvalue weighted by molar-refractivity contribution is 6.27. The molecule has 0 saturated carbocycles. The van der Waals surface area contributed by atoms with Crippen LogP contribution < -0.4 is 0 Å². The zero-order valence-corrected chi connectivity index (χ0v) is 9.14. The van der Waals surface area contributed by atoms with Gasteiger partial charge in [0, 0.05) is 19.0 Å². The van der Waals surface area contributed by atoms with E-state index in [0.717, 1.165) is 4.90 Å². The average Bonchev–Trinajstić information content (AvgIpc) is 2.63. The number of halogens is 4. The van der Waals surface area contributed by atoms with Crippen LogP contribution in [0.4, 0.5) is 13.2 Å². The molecule has 16 heavy (non-hydrogen) atoms. The highest BCUT2D eigenvalue weighted by Gasteiger charge is 2.46. The number of nitrogens with zero attached hydrogens (tertiary/aromatic N) is 1. The van der Waals surface area contributed by atoms with Crippen LogP contribution in [0, 0.1) is 0 Å². The van der Waals surface area contributed by atoms with Crippen molar-refractivity contribution < 1.29 is 22.8 Å². The molecule has 0 aromatic heterocycles. The number of hydrogen-bond acceptors (Lipinski definition) is 2. The Bertz CT molecular complexity index is 293. The third-order valence-corrected chi connectivity index (χ3v) is 2.79. The maximum Gasteiger partial charge on any atom is 0.471 e. The number of ketones is 1. The summed E-state index contributed by atoms with van der Waals surface area (Å²) in [6.07, 6.45) is -4.05. The second-order valence-corrected chi connectivity index (χ2v) is 3.94. The summed E-state index contributed by atoms with van der Waals surface area (Å²) in [5.74, 6) is -2.43. The van der Waals surface area contributed by atoms with Crippen LogP contribution in [0.5, 0.6) is 0 Å². The van der Waals surface area contributed by atoms with Gasteiger partial charge in [0.1, 0.15) is 5.78 Å². The summed E-state index contributed by atoms with van der Waals surface area (Å²) in [7, 11) is 0. The first-order valence-electron chi connectivity index (χ1n) is 4.81. The summed E-state index contributed by atoms with van der Waals surface area (Å²) in [6.45, 7) is 0.0541. The van der Waals surface area contributed by atoms with Gasteiger partial charge in [-0.05, 0) is 12.8 Å². The Kier molecular flexibility index (Phi) is 4.18. The molecule has 0 radical (unpaired) electrons. The van der Waals surface area contributed by atoms with Crippen LogP contribution in [0.3, 0.4) is 0 Å². The molecule has 1 amide bonds. The van der Waals surface area contributed by atoms with Crippen molar-refractivity contribution in [2.75, 3.05) is 12.4 Å². The van der Waals surface area contributed by atoms with Crippen LogP contribution in [0.15, 0.2) is 0 Å². The quantitative estimate of drug-likeness (QED) is 0.722. The molecular weight excluding hydrogens is 247 g/mol. The molecule has 1 heterocycles. The van der Waals surface area contributed by atoms with Crippen molar-refractivity contribution in [1.82, 2.24) is 4.90 Å². The molecule has 92 valence electrons. The number of rotatable bonds is 3. The first kappa shape index (κ1) is 13.3. The number of carbonyl (C=O) groups excluding carboxylic acids is 2.